The van der Waals surface area contributed by atoms with Gasteiger partial charge in [0.15, 0.2) is 0 Å². The van der Waals surface area contributed by atoms with Gasteiger partial charge in [0.25, 0.3) is 0 Å². The van der Waals surface area contributed by atoms with Crippen molar-refractivity contribution >= 4 is 29.2 Å². The highest BCUT2D eigenvalue weighted by atomic mass is 35.5. The van der Waals surface area contributed by atoms with Crippen LogP contribution in [-0.4, -0.2) is 13.1 Å². The summed E-state index contributed by atoms with van der Waals surface area (Å²) in [6.45, 7) is 0. The van der Waals surface area contributed by atoms with Gasteiger partial charge in [-0.3, -0.25) is 0 Å². The molecule has 0 saturated heterocycles. The Kier molecular flexibility index (Phi) is 4.08. The molecule has 2 nitrogen and oxygen atoms in total. The molecule has 2 aromatic rings. The summed E-state index contributed by atoms with van der Waals surface area (Å²) < 4.78 is 18.5. The third kappa shape index (κ3) is 2.88. The fraction of sp³-hybridized carbons (Fsp3) is 0.0714. The Morgan fingerprint density at radius 1 is 1.11 bits per heavy atom. The number of ether oxygens (including phenoxy) is 1. The number of carbonyl (C=O) groups is 1. The lowest BCUT2D eigenvalue weighted by Gasteiger charge is -2.08. The Hall–Kier alpha value is -1.58. The standard InChI is InChI=1S/C14H9Cl2FO2/c1-19-14(18)8-2-5-13(17)11(6-8)10-7-9(15)3-4-12(10)16/h2-7H,1H3. The second-order valence-corrected chi connectivity index (χ2v) is 4.65. The van der Waals surface area contributed by atoms with Crippen molar-refractivity contribution in [3.05, 3.63) is 57.8 Å². The molecule has 0 atom stereocenters. The fourth-order valence-electron chi connectivity index (χ4n) is 1.68. The molecule has 0 heterocycles. The predicted octanol–water partition coefficient (Wildman–Crippen LogP) is 4.59. The molecule has 0 amide bonds. The van der Waals surface area contributed by atoms with E-state index in [1.807, 2.05) is 0 Å². The van der Waals surface area contributed by atoms with E-state index < -0.39 is 11.8 Å². The molecule has 2 rings (SSSR count). The molecule has 0 radical (unpaired) electrons. The number of carbonyl (C=O) groups excluding carboxylic acids is 1. The van der Waals surface area contributed by atoms with Gasteiger partial charge in [-0.1, -0.05) is 23.2 Å². The Labute approximate surface area is 119 Å². The molecular formula is C14H9Cl2FO2. The maximum Gasteiger partial charge on any atom is 0.337 e. The molecule has 0 bridgehead atoms. The Bertz CT molecular complexity index is 641. The van der Waals surface area contributed by atoms with Gasteiger partial charge < -0.3 is 4.74 Å². The average Bonchev–Trinajstić information content (AvgIpc) is 2.41. The lowest BCUT2D eigenvalue weighted by atomic mass is 10.0. The van der Waals surface area contributed by atoms with Gasteiger partial charge in [-0.15, -0.1) is 0 Å². The van der Waals surface area contributed by atoms with Crippen LogP contribution in [0.15, 0.2) is 36.4 Å². The van der Waals surface area contributed by atoms with E-state index >= 15 is 0 Å². The summed E-state index contributed by atoms with van der Waals surface area (Å²) in [5.41, 5.74) is 0.878. The van der Waals surface area contributed by atoms with Gasteiger partial charge in [0, 0.05) is 21.2 Å². The summed E-state index contributed by atoms with van der Waals surface area (Å²) in [4.78, 5) is 11.5. The molecule has 0 aliphatic carbocycles. The van der Waals surface area contributed by atoms with Gasteiger partial charge in [0.2, 0.25) is 0 Å². The van der Waals surface area contributed by atoms with Crippen molar-refractivity contribution in [2.45, 2.75) is 0 Å². The van der Waals surface area contributed by atoms with Crippen molar-refractivity contribution in [1.82, 2.24) is 0 Å². The predicted molar refractivity (Wildman–Crippen MR) is 73.2 cm³/mol. The minimum absolute atomic E-state index is 0.204. The van der Waals surface area contributed by atoms with Gasteiger partial charge in [0.1, 0.15) is 5.82 Å². The van der Waals surface area contributed by atoms with Crippen LogP contribution in [0.3, 0.4) is 0 Å². The first-order valence-corrected chi connectivity index (χ1v) is 6.12. The molecule has 5 heteroatoms. The van der Waals surface area contributed by atoms with Crippen molar-refractivity contribution in [1.29, 1.82) is 0 Å². The maximum atomic E-state index is 13.9. The number of hydrogen-bond acceptors (Lipinski definition) is 2. The highest BCUT2D eigenvalue weighted by molar-refractivity contribution is 6.35. The van der Waals surface area contributed by atoms with Crippen LogP contribution in [-0.2, 0) is 4.74 Å². The monoisotopic (exact) mass is 298 g/mol. The Morgan fingerprint density at radius 3 is 2.53 bits per heavy atom. The molecule has 2 aromatic carbocycles. The summed E-state index contributed by atoms with van der Waals surface area (Å²) in [6, 6.07) is 8.66. The van der Waals surface area contributed by atoms with E-state index in [-0.39, 0.29) is 11.1 Å². The first-order chi connectivity index (χ1) is 9.02. The topological polar surface area (TPSA) is 26.3 Å². The minimum Gasteiger partial charge on any atom is -0.465 e. The molecule has 0 fully saturated rings. The maximum absolute atomic E-state index is 13.9. The first kappa shape index (κ1) is 13.8. The van der Waals surface area contributed by atoms with Crippen LogP contribution in [0.5, 0.6) is 0 Å². The van der Waals surface area contributed by atoms with Crippen LogP contribution in [0.25, 0.3) is 11.1 Å². The minimum atomic E-state index is -0.542. The zero-order chi connectivity index (χ0) is 14.0. The van der Waals surface area contributed by atoms with E-state index in [0.29, 0.717) is 15.6 Å². The number of halogens is 3. The van der Waals surface area contributed by atoms with E-state index in [9.17, 15) is 9.18 Å². The van der Waals surface area contributed by atoms with Gasteiger partial charge in [-0.2, -0.15) is 0 Å². The fourth-order valence-corrected chi connectivity index (χ4v) is 2.07. The van der Waals surface area contributed by atoms with Crippen LogP contribution in [0.2, 0.25) is 10.0 Å². The smallest absolute Gasteiger partial charge is 0.337 e. The second-order valence-electron chi connectivity index (χ2n) is 3.81. The molecule has 0 aliphatic heterocycles. The first-order valence-electron chi connectivity index (χ1n) is 5.36. The van der Waals surface area contributed by atoms with Crippen molar-refractivity contribution in [2.75, 3.05) is 7.11 Å². The summed E-state index contributed by atoms with van der Waals surface area (Å²) >= 11 is 11.9. The SMILES string of the molecule is COC(=O)c1ccc(F)c(-c2cc(Cl)ccc2Cl)c1. The van der Waals surface area contributed by atoms with Crippen molar-refractivity contribution in [2.24, 2.45) is 0 Å². The largest absolute Gasteiger partial charge is 0.465 e. The zero-order valence-electron chi connectivity index (χ0n) is 9.91. The van der Waals surface area contributed by atoms with Crippen LogP contribution in [0.1, 0.15) is 10.4 Å². The van der Waals surface area contributed by atoms with E-state index in [4.69, 9.17) is 23.2 Å². The van der Waals surface area contributed by atoms with E-state index in [0.717, 1.165) is 0 Å². The number of esters is 1. The van der Waals surface area contributed by atoms with Gasteiger partial charge in [-0.25, -0.2) is 9.18 Å². The molecule has 0 unspecified atom stereocenters. The molecule has 19 heavy (non-hydrogen) atoms. The van der Waals surface area contributed by atoms with Crippen LogP contribution in [0, 0.1) is 5.82 Å². The third-order valence-electron chi connectivity index (χ3n) is 2.61. The molecule has 0 saturated carbocycles. The zero-order valence-corrected chi connectivity index (χ0v) is 11.4. The lowest BCUT2D eigenvalue weighted by molar-refractivity contribution is 0.0600. The van der Waals surface area contributed by atoms with Crippen LogP contribution in [0.4, 0.5) is 4.39 Å². The molecular weight excluding hydrogens is 290 g/mol. The van der Waals surface area contributed by atoms with Gasteiger partial charge in [0.05, 0.1) is 12.7 Å². The van der Waals surface area contributed by atoms with E-state index in [1.54, 1.807) is 18.2 Å². The summed E-state index contributed by atoms with van der Waals surface area (Å²) in [7, 11) is 1.26. The number of rotatable bonds is 2. The van der Waals surface area contributed by atoms with Crippen molar-refractivity contribution < 1.29 is 13.9 Å². The van der Waals surface area contributed by atoms with E-state index in [2.05, 4.69) is 4.74 Å². The Morgan fingerprint density at radius 2 is 1.84 bits per heavy atom. The second kappa shape index (κ2) is 5.59. The van der Waals surface area contributed by atoms with Gasteiger partial charge in [-0.05, 0) is 36.4 Å². The summed E-state index contributed by atoms with van der Waals surface area (Å²) in [6.07, 6.45) is 0. The van der Waals surface area contributed by atoms with Crippen LogP contribution < -0.4 is 0 Å². The highest BCUT2D eigenvalue weighted by Crippen LogP contribution is 2.32. The lowest BCUT2D eigenvalue weighted by Crippen LogP contribution is -2.02. The van der Waals surface area contributed by atoms with Crippen LogP contribution >= 0.6 is 23.2 Å². The normalized spacial score (nSPS) is 10.3. The number of methoxy groups -OCH3 is 1. The molecule has 0 spiro atoms. The van der Waals surface area contributed by atoms with Gasteiger partial charge >= 0.3 is 5.97 Å². The average molecular weight is 299 g/mol. The molecule has 0 aliphatic rings. The van der Waals surface area contributed by atoms with Crippen molar-refractivity contribution in [3.63, 3.8) is 0 Å². The number of hydrogen-bond donors (Lipinski definition) is 0. The third-order valence-corrected chi connectivity index (χ3v) is 3.17. The highest BCUT2D eigenvalue weighted by Gasteiger charge is 2.14. The van der Waals surface area contributed by atoms with E-state index in [1.165, 1.54) is 25.3 Å². The quantitative estimate of drug-likeness (QED) is 0.758. The molecule has 0 N–H and O–H groups in total. The summed E-state index contributed by atoms with van der Waals surface area (Å²) in [5.74, 6) is -1.03. The summed E-state index contributed by atoms with van der Waals surface area (Å²) in [5, 5.41) is 0.785. The Balaban J connectivity index is 2.61. The molecule has 98 valence electrons. The van der Waals surface area contributed by atoms with Crippen molar-refractivity contribution in [3.8, 4) is 11.1 Å². The number of benzene rings is 2. The molecule has 0 aromatic heterocycles.